The molecule has 0 spiro atoms. The Balaban J connectivity index is 2.32. The van der Waals surface area contributed by atoms with E-state index in [1.54, 1.807) is 13.8 Å². The molecule has 0 aliphatic carbocycles. The van der Waals surface area contributed by atoms with Crippen LogP contribution in [0.2, 0.25) is 5.02 Å². The van der Waals surface area contributed by atoms with Gasteiger partial charge in [0.2, 0.25) is 11.6 Å². The number of benzene rings is 1. The van der Waals surface area contributed by atoms with Gasteiger partial charge in [0.15, 0.2) is 17.3 Å². The fraction of sp³-hybridized carbons (Fsp3) is 0.188. The molecule has 0 saturated carbocycles. The third-order valence-electron chi connectivity index (χ3n) is 3.51. The molecular weight excluding hydrogens is 366 g/mol. The number of amidine groups is 1. The molecule has 1 aromatic carbocycles. The van der Waals surface area contributed by atoms with Crippen LogP contribution in [0.15, 0.2) is 17.3 Å². The molecule has 0 saturated heterocycles. The number of aromatic hydroxyl groups is 3. The lowest BCUT2D eigenvalue weighted by Gasteiger charge is -2.10. The number of hydrogen-bond donors (Lipinski definition) is 4. The molecule has 0 unspecified atom stereocenters. The van der Waals surface area contributed by atoms with E-state index < -0.39 is 23.3 Å². The molecule has 0 bridgehead atoms. The number of ether oxygens (including phenoxy) is 1. The fourth-order valence-corrected chi connectivity index (χ4v) is 2.31. The van der Waals surface area contributed by atoms with E-state index in [0.29, 0.717) is 11.3 Å². The zero-order valence-electron chi connectivity index (χ0n) is 14.1. The minimum Gasteiger partial charge on any atom is -0.504 e. The summed E-state index contributed by atoms with van der Waals surface area (Å²) in [5.74, 6) is -2.94. The number of nitrogens with two attached hydrogens (primary N) is 1. The smallest absolute Gasteiger partial charge is 0.366 e. The maximum Gasteiger partial charge on any atom is 0.366 e. The number of aromatic nitrogens is 1. The van der Waals surface area contributed by atoms with Gasteiger partial charge in [0.1, 0.15) is 0 Å². The lowest BCUT2D eigenvalue weighted by atomic mass is 10.1. The lowest BCUT2D eigenvalue weighted by molar-refractivity contribution is 0.0515. The van der Waals surface area contributed by atoms with Gasteiger partial charge in [-0.1, -0.05) is 16.8 Å². The van der Waals surface area contributed by atoms with E-state index in [4.69, 9.17) is 26.9 Å². The number of halogens is 1. The Labute approximate surface area is 153 Å². The highest BCUT2D eigenvalue weighted by Gasteiger charge is 2.19. The molecule has 0 radical (unpaired) electrons. The number of aryl methyl sites for hydroxylation is 1. The number of nitrogens with zero attached hydrogens (tertiary/aromatic N) is 2. The molecule has 0 amide bonds. The third kappa shape index (κ3) is 3.57. The summed E-state index contributed by atoms with van der Waals surface area (Å²) in [5, 5.41) is 32.8. The predicted octanol–water partition coefficient (Wildman–Crippen LogP) is 1.95. The number of phenols is 2. The van der Waals surface area contributed by atoms with Crippen LogP contribution in [0.5, 0.6) is 23.1 Å². The van der Waals surface area contributed by atoms with Crippen molar-refractivity contribution >= 4 is 23.4 Å². The third-order valence-corrected chi connectivity index (χ3v) is 4.07. The predicted molar refractivity (Wildman–Crippen MR) is 92.8 cm³/mol. The molecule has 1 heterocycles. The first kappa shape index (κ1) is 19.1. The van der Waals surface area contributed by atoms with Crippen molar-refractivity contribution in [2.75, 3.05) is 7.11 Å². The Morgan fingerprint density at radius 2 is 1.92 bits per heavy atom. The van der Waals surface area contributed by atoms with Crippen LogP contribution in [-0.4, -0.2) is 39.2 Å². The number of phenolic OH excluding ortho intramolecular Hbond substituents is 2. The molecule has 0 aliphatic heterocycles. The average Bonchev–Trinajstić information content (AvgIpc) is 2.59. The van der Waals surface area contributed by atoms with E-state index in [2.05, 4.69) is 10.1 Å². The maximum absolute atomic E-state index is 12.1. The largest absolute Gasteiger partial charge is 0.504 e. The number of pyridine rings is 1. The Kier molecular flexibility index (Phi) is 5.41. The van der Waals surface area contributed by atoms with Gasteiger partial charge in [0, 0.05) is 0 Å². The Morgan fingerprint density at radius 3 is 2.54 bits per heavy atom. The van der Waals surface area contributed by atoms with E-state index >= 15 is 0 Å². The van der Waals surface area contributed by atoms with E-state index in [0.717, 1.165) is 12.1 Å². The molecule has 0 fully saturated rings. The van der Waals surface area contributed by atoms with Crippen LogP contribution in [0.25, 0.3) is 0 Å². The Morgan fingerprint density at radius 1 is 1.27 bits per heavy atom. The maximum atomic E-state index is 12.1. The second-order valence-electron chi connectivity index (χ2n) is 5.24. The highest BCUT2D eigenvalue weighted by Crippen LogP contribution is 2.36. The summed E-state index contributed by atoms with van der Waals surface area (Å²) < 4.78 is 4.83. The first-order valence-corrected chi connectivity index (χ1v) is 7.56. The summed E-state index contributed by atoms with van der Waals surface area (Å²) in [6, 6.07) is 2.12. The first-order valence-electron chi connectivity index (χ1n) is 7.18. The van der Waals surface area contributed by atoms with E-state index in [-0.39, 0.29) is 27.7 Å². The van der Waals surface area contributed by atoms with E-state index in [9.17, 15) is 20.1 Å². The monoisotopic (exact) mass is 381 g/mol. The summed E-state index contributed by atoms with van der Waals surface area (Å²) in [4.78, 5) is 20.6. The SMILES string of the molecule is COc1cc(C(=O)O/N=C(\N)c2c(O)nc(C)c(Cl)c2C)cc(O)c1O. The van der Waals surface area contributed by atoms with Gasteiger partial charge in [0.05, 0.1) is 29.0 Å². The molecule has 0 aliphatic rings. The molecule has 138 valence electrons. The zero-order valence-corrected chi connectivity index (χ0v) is 14.8. The molecule has 2 rings (SSSR count). The zero-order chi connectivity index (χ0) is 19.6. The van der Waals surface area contributed by atoms with Crippen LogP contribution in [0, 0.1) is 13.8 Å². The van der Waals surface area contributed by atoms with Crippen molar-refractivity contribution in [1.82, 2.24) is 4.98 Å². The van der Waals surface area contributed by atoms with Crippen LogP contribution in [0.1, 0.15) is 27.2 Å². The molecule has 10 heteroatoms. The van der Waals surface area contributed by atoms with Crippen LogP contribution in [0.4, 0.5) is 0 Å². The number of rotatable bonds is 4. The topological polar surface area (TPSA) is 147 Å². The van der Waals surface area contributed by atoms with Crippen LogP contribution in [-0.2, 0) is 4.84 Å². The van der Waals surface area contributed by atoms with Gasteiger partial charge in [-0.3, -0.25) is 0 Å². The van der Waals surface area contributed by atoms with Crippen molar-refractivity contribution in [2.45, 2.75) is 13.8 Å². The summed E-state index contributed by atoms with van der Waals surface area (Å²) >= 11 is 6.07. The van der Waals surface area contributed by atoms with Crippen LogP contribution in [0.3, 0.4) is 0 Å². The lowest BCUT2D eigenvalue weighted by Crippen LogP contribution is -2.18. The van der Waals surface area contributed by atoms with Crippen molar-refractivity contribution in [3.8, 4) is 23.1 Å². The van der Waals surface area contributed by atoms with Gasteiger partial charge >= 0.3 is 5.97 Å². The number of hydrogen-bond acceptors (Lipinski definition) is 8. The summed E-state index contributed by atoms with van der Waals surface area (Å²) in [6.07, 6.45) is 0. The minimum absolute atomic E-state index is 0.0273. The number of carbonyl (C=O) groups is 1. The molecule has 5 N–H and O–H groups in total. The van der Waals surface area contributed by atoms with Crippen molar-refractivity contribution < 1.29 is 29.7 Å². The van der Waals surface area contributed by atoms with Gasteiger partial charge in [0.25, 0.3) is 0 Å². The highest BCUT2D eigenvalue weighted by atomic mass is 35.5. The second-order valence-corrected chi connectivity index (χ2v) is 5.61. The van der Waals surface area contributed by atoms with Crippen LogP contribution < -0.4 is 10.5 Å². The van der Waals surface area contributed by atoms with Gasteiger partial charge < -0.3 is 30.6 Å². The molecule has 2 aromatic rings. The van der Waals surface area contributed by atoms with Crippen LogP contribution >= 0.6 is 11.6 Å². The van der Waals surface area contributed by atoms with Gasteiger partial charge in [-0.25, -0.2) is 9.78 Å². The first-order chi connectivity index (χ1) is 12.2. The number of oxime groups is 1. The van der Waals surface area contributed by atoms with E-state index in [1.807, 2.05) is 0 Å². The molecular formula is C16H16ClN3O6. The molecule has 26 heavy (non-hydrogen) atoms. The van der Waals surface area contributed by atoms with Crippen molar-refractivity contribution in [3.05, 3.63) is 39.5 Å². The summed E-state index contributed by atoms with van der Waals surface area (Å²) in [6.45, 7) is 3.20. The number of methoxy groups -OCH3 is 1. The Bertz CT molecular complexity index is 914. The molecule has 9 nitrogen and oxygen atoms in total. The van der Waals surface area contributed by atoms with Crippen molar-refractivity contribution in [2.24, 2.45) is 10.9 Å². The fourth-order valence-electron chi connectivity index (χ4n) is 2.17. The summed E-state index contributed by atoms with van der Waals surface area (Å²) in [5.41, 5.74) is 6.45. The van der Waals surface area contributed by atoms with Crippen molar-refractivity contribution in [1.29, 1.82) is 0 Å². The second kappa shape index (κ2) is 7.36. The normalized spacial score (nSPS) is 11.3. The average molecular weight is 382 g/mol. The van der Waals surface area contributed by atoms with E-state index in [1.165, 1.54) is 7.11 Å². The minimum atomic E-state index is -0.982. The quantitative estimate of drug-likeness (QED) is 0.206. The van der Waals surface area contributed by atoms with Gasteiger partial charge in [-0.15, -0.1) is 0 Å². The standard InChI is InChI=1S/C16H16ClN3O6/c1-6-11(15(23)19-7(2)12(6)17)14(18)20-26-16(24)8-4-9(21)13(22)10(5-8)25-3/h4-5,21-22H,1-3H3,(H2,18,20)(H,19,23). The van der Waals surface area contributed by atoms with Gasteiger partial charge in [-0.2, -0.15) is 0 Å². The van der Waals surface area contributed by atoms with Gasteiger partial charge in [-0.05, 0) is 31.5 Å². The van der Waals surface area contributed by atoms with Crippen molar-refractivity contribution in [3.63, 3.8) is 0 Å². The highest BCUT2D eigenvalue weighted by molar-refractivity contribution is 6.32. The Hall–Kier alpha value is -3.20. The molecule has 1 aromatic heterocycles. The summed E-state index contributed by atoms with van der Waals surface area (Å²) in [7, 11) is 1.25. The number of carbonyl (C=O) groups excluding carboxylic acids is 1. The molecule has 0 atom stereocenters.